The number of hydrogen-bond donors (Lipinski definition) is 1. The van der Waals surface area contributed by atoms with Crippen molar-refractivity contribution in [2.24, 2.45) is 0 Å². The van der Waals surface area contributed by atoms with Crippen LogP contribution in [0, 0.1) is 0 Å². The van der Waals surface area contributed by atoms with Crippen molar-refractivity contribution < 1.29 is 4.79 Å². The molecule has 0 saturated carbocycles. The van der Waals surface area contributed by atoms with Crippen LogP contribution in [-0.4, -0.2) is 35.5 Å². The second-order valence-electron chi connectivity index (χ2n) is 4.64. The second kappa shape index (κ2) is 6.19. The fourth-order valence-electron chi connectivity index (χ4n) is 2.56. The normalized spacial score (nSPS) is 19.3. The maximum Gasteiger partial charge on any atom is 0.242 e. The molecule has 19 heavy (non-hydrogen) atoms. The molecule has 2 rings (SSSR count). The van der Waals surface area contributed by atoms with Crippen LogP contribution in [-0.2, 0) is 11.2 Å². The highest BCUT2D eigenvalue weighted by molar-refractivity contribution is 6.30. The molecule has 5 nitrogen and oxygen atoms in total. The van der Waals surface area contributed by atoms with Gasteiger partial charge in [-0.05, 0) is 25.7 Å². The summed E-state index contributed by atoms with van der Waals surface area (Å²) in [6, 6.07) is -0.157. The zero-order chi connectivity index (χ0) is 13.8. The molecule has 1 aliphatic heterocycles. The van der Waals surface area contributed by atoms with Gasteiger partial charge in [0, 0.05) is 19.2 Å². The van der Waals surface area contributed by atoms with Gasteiger partial charge < -0.3 is 10.2 Å². The van der Waals surface area contributed by atoms with Crippen molar-refractivity contribution in [3.8, 4) is 0 Å². The maximum atomic E-state index is 12.0. The van der Waals surface area contributed by atoms with Gasteiger partial charge in [-0.1, -0.05) is 18.5 Å². The molecule has 104 valence electrons. The zero-order valence-corrected chi connectivity index (χ0v) is 12.1. The molecule has 1 N–H and O–H groups in total. The number of aromatic nitrogens is 2. The quantitative estimate of drug-likeness (QED) is 0.859. The van der Waals surface area contributed by atoms with E-state index in [0.29, 0.717) is 5.15 Å². The summed E-state index contributed by atoms with van der Waals surface area (Å²) in [5, 5.41) is 3.21. The average Bonchev–Trinajstić information content (AvgIpc) is 2.46. The number of anilines is 1. The lowest BCUT2D eigenvalue weighted by molar-refractivity contribution is -0.122. The Morgan fingerprint density at radius 3 is 3.00 bits per heavy atom. The number of amides is 1. The predicted octanol–water partition coefficient (Wildman–Crippen LogP) is 1.80. The summed E-state index contributed by atoms with van der Waals surface area (Å²) in [6.07, 6.45) is 5.20. The van der Waals surface area contributed by atoms with E-state index in [-0.39, 0.29) is 11.9 Å². The van der Waals surface area contributed by atoms with Gasteiger partial charge in [-0.2, -0.15) is 0 Å². The van der Waals surface area contributed by atoms with Crippen LogP contribution in [0.15, 0.2) is 6.33 Å². The van der Waals surface area contributed by atoms with Crippen LogP contribution >= 0.6 is 11.6 Å². The lowest BCUT2D eigenvalue weighted by Crippen LogP contribution is -2.49. The molecule has 0 radical (unpaired) electrons. The Bertz CT molecular complexity index is 466. The summed E-state index contributed by atoms with van der Waals surface area (Å²) in [7, 11) is 1.67. The van der Waals surface area contributed by atoms with Gasteiger partial charge in [-0.3, -0.25) is 4.79 Å². The fraction of sp³-hybridized carbons (Fsp3) is 0.615. The minimum atomic E-state index is -0.157. The van der Waals surface area contributed by atoms with Crippen molar-refractivity contribution in [2.75, 3.05) is 18.5 Å². The first-order valence-electron chi connectivity index (χ1n) is 6.66. The first-order valence-corrected chi connectivity index (χ1v) is 7.04. The summed E-state index contributed by atoms with van der Waals surface area (Å²) in [6.45, 7) is 2.85. The Morgan fingerprint density at radius 1 is 1.53 bits per heavy atom. The molecule has 1 aliphatic rings. The van der Waals surface area contributed by atoms with Gasteiger partial charge in [0.1, 0.15) is 23.3 Å². The molecule has 1 fully saturated rings. The number of likely N-dealkylation sites (N-methyl/N-ethyl adjacent to an activating group) is 1. The molecular weight excluding hydrogens is 264 g/mol. The van der Waals surface area contributed by atoms with E-state index in [4.69, 9.17) is 11.6 Å². The van der Waals surface area contributed by atoms with Gasteiger partial charge in [-0.25, -0.2) is 9.97 Å². The van der Waals surface area contributed by atoms with E-state index in [1.54, 1.807) is 7.05 Å². The molecule has 2 heterocycles. The third-order valence-electron chi connectivity index (χ3n) is 3.55. The molecule has 0 aliphatic carbocycles. The number of rotatable bonds is 3. The summed E-state index contributed by atoms with van der Waals surface area (Å²) in [5.74, 6) is 0.840. The Labute approximate surface area is 118 Å². The maximum absolute atomic E-state index is 12.0. The van der Waals surface area contributed by atoms with Crippen molar-refractivity contribution in [1.29, 1.82) is 0 Å². The van der Waals surface area contributed by atoms with Crippen molar-refractivity contribution in [3.05, 3.63) is 17.0 Å². The first-order chi connectivity index (χ1) is 9.19. The highest BCUT2D eigenvalue weighted by Crippen LogP contribution is 2.29. The van der Waals surface area contributed by atoms with E-state index in [1.165, 1.54) is 6.33 Å². The Balaban J connectivity index is 2.37. The molecule has 1 atom stereocenters. The Hall–Kier alpha value is -1.36. The van der Waals surface area contributed by atoms with Crippen LogP contribution in [0.3, 0.4) is 0 Å². The van der Waals surface area contributed by atoms with E-state index < -0.39 is 0 Å². The molecule has 1 unspecified atom stereocenters. The summed E-state index contributed by atoms with van der Waals surface area (Å²) in [4.78, 5) is 22.4. The number of halogens is 1. The number of carbonyl (C=O) groups is 1. The number of hydrogen-bond acceptors (Lipinski definition) is 4. The number of nitrogens with zero attached hydrogens (tertiary/aromatic N) is 3. The van der Waals surface area contributed by atoms with E-state index in [9.17, 15) is 4.79 Å². The molecule has 0 aromatic carbocycles. The van der Waals surface area contributed by atoms with Gasteiger partial charge in [0.15, 0.2) is 0 Å². The van der Waals surface area contributed by atoms with E-state index in [2.05, 4.69) is 20.2 Å². The molecule has 6 heteroatoms. The van der Waals surface area contributed by atoms with Crippen LogP contribution in [0.2, 0.25) is 5.15 Å². The topological polar surface area (TPSA) is 58.1 Å². The van der Waals surface area contributed by atoms with Crippen molar-refractivity contribution in [2.45, 2.75) is 38.6 Å². The molecule has 1 saturated heterocycles. The van der Waals surface area contributed by atoms with Crippen molar-refractivity contribution in [3.63, 3.8) is 0 Å². The van der Waals surface area contributed by atoms with E-state index >= 15 is 0 Å². The number of nitrogens with one attached hydrogen (secondary N) is 1. The largest absolute Gasteiger partial charge is 0.357 e. The van der Waals surface area contributed by atoms with Crippen LogP contribution in [0.1, 0.15) is 31.7 Å². The van der Waals surface area contributed by atoms with Crippen LogP contribution < -0.4 is 10.2 Å². The van der Waals surface area contributed by atoms with Crippen LogP contribution in [0.5, 0.6) is 0 Å². The highest BCUT2D eigenvalue weighted by Gasteiger charge is 2.30. The van der Waals surface area contributed by atoms with E-state index in [0.717, 1.165) is 43.6 Å². The lowest BCUT2D eigenvalue weighted by atomic mass is 10.0. The third kappa shape index (κ3) is 2.81. The number of piperidine rings is 1. The minimum Gasteiger partial charge on any atom is -0.357 e. The summed E-state index contributed by atoms with van der Waals surface area (Å²) < 4.78 is 0. The van der Waals surface area contributed by atoms with E-state index in [1.807, 2.05) is 6.92 Å². The SMILES string of the molecule is CCc1c(Cl)ncnc1N1CCCCC1C(=O)NC. The average molecular weight is 283 g/mol. The third-order valence-corrected chi connectivity index (χ3v) is 3.87. The number of carbonyl (C=O) groups excluding carboxylic acids is 1. The minimum absolute atomic E-state index is 0.0384. The van der Waals surface area contributed by atoms with Gasteiger partial charge in [0.05, 0.1) is 0 Å². The fourth-order valence-corrected chi connectivity index (χ4v) is 2.82. The van der Waals surface area contributed by atoms with Crippen molar-refractivity contribution in [1.82, 2.24) is 15.3 Å². The molecule has 1 aromatic heterocycles. The molecule has 1 aromatic rings. The Kier molecular flexibility index (Phi) is 4.58. The molecular formula is C13H19ClN4O. The molecule has 0 bridgehead atoms. The lowest BCUT2D eigenvalue weighted by Gasteiger charge is -2.36. The zero-order valence-electron chi connectivity index (χ0n) is 11.3. The van der Waals surface area contributed by atoms with Crippen LogP contribution in [0.4, 0.5) is 5.82 Å². The van der Waals surface area contributed by atoms with Crippen molar-refractivity contribution >= 4 is 23.3 Å². The van der Waals surface area contributed by atoms with Gasteiger partial charge in [-0.15, -0.1) is 0 Å². The molecule has 1 amide bonds. The standard InChI is InChI=1S/C13H19ClN4O/c1-3-9-11(14)16-8-17-12(9)18-7-5-4-6-10(18)13(19)15-2/h8,10H,3-7H2,1-2H3,(H,15,19). The monoisotopic (exact) mass is 282 g/mol. The molecule has 0 spiro atoms. The van der Waals surface area contributed by atoms with Gasteiger partial charge in [0.25, 0.3) is 0 Å². The smallest absolute Gasteiger partial charge is 0.242 e. The Morgan fingerprint density at radius 2 is 2.32 bits per heavy atom. The summed E-state index contributed by atoms with van der Waals surface area (Å²) >= 11 is 6.13. The van der Waals surface area contributed by atoms with Gasteiger partial charge >= 0.3 is 0 Å². The second-order valence-corrected chi connectivity index (χ2v) is 5.00. The van der Waals surface area contributed by atoms with Crippen LogP contribution in [0.25, 0.3) is 0 Å². The first kappa shape index (κ1) is 14.1. The predicted molar refractivity (Wildman–Crippen MR) is 75.5 cm³/mol. The summed E-state index contributed by atoms with van der Waals surface area (Å²) in [5.41, 5.74) is 0.917. The highest BCUT2D eigenvalue weighted by atomic mass is 35.5. The van der Waals surface area contributed by atoms with Gasteiger partial charge in [0.2, 0.25) is 5.91 Å².